The van der Waals surface area contributed by atoms with Crippen LogP contribution in [-0.2, 0) is 12.8 Å². The van der Waals surface area contributed by atoms with E-state index in [1.165, 1.54) is 11.1 Å². The Morgan fingerprint density at radius 3 is 2.44 bits per heavy atom. The van der Waals surface area contributed by atoms with E-state index in [4.69, 9.17) is 10.00 Å². The van der Waals surface area contributed by atoms with Gasteiger partial charge in [-0.1, -0.05) is 36.4 Å². The standard InChI is InChI=1S/C23H28N2O2/c1-23(2,13-17-11-18-7-3-4-8-19(18)12-17)25-15-21(26)16-27-22-10-6-5-9-20(22)14-24/h3-10,17,21,25-26H,11-13,15-16H2,1-2H3/t21-/m0/s1. The molecule has 0 heterocycles. The predicted molar refractivity (Wildman–Crippen MR) is 107 cm³/mol. The Hall–Kier alpha value is -2.35. The van der Waals surface area contributed by atoms with Crippen LogP contribution in [0.4, 0.5) is 0 Å². The monoisotopic (exact) mass is 364 g/mol. The van der Waals surface area contributed by atoms with Gasteiger partial charge in [0.05, 0.1) is 5.56 Å². The fraction of sp³-hybridized carbons (Fsp3) is 0.435. The van der Waals surface area contributed by atoms with E-state index in [1.807, 2.05) is 6.07 Å². The van der Waals surface area contributed by atoms with Gasteiger partial charge >= 0.3 is 0 Å². The lowest BCUT2D eigenvalue weighted by Crippen LogP contribution is -2.46. The van der Waals surface area contributed by atoms with E-state index in [9.17, 15) is 5.11 Å². The van der Waals surface area contributed by atoms with Gasteiger partial charge in [-0.2, -0.15) is 5.26 Å². The zero-order chi connectivity index (χ0) is 19.3. The first-order valence-corrected chi connectivity index (χ1v) is 9.58. The Balaban J connectivity index is 1.44. The van der Waals surface area contributed by atoms with Gasteiger partial charge in [0.2, 0.25) is 0 Å². The summed E-state index contributed by atoms with van der Waals surface area (Å²) in [5, 5.41) is 22.8. The maximum Gasteiger partial charge on any atom is 0.137 e. The molecule has 2 aromatic carbocycles. The smallest absolute Gasteiger partial charge is 0.137 e. The number of hydrogen-bond donors (Lipinski definition) is 2. The van der Waals surface area contributed by atoms with Crippen LogP contribution in [0, 0.1) is 17.2 Å². The largest absolute Gasteiger partial charge is 0.489 e. The van der Waals surface area contributed by atoms with Gasteiger partial charge in [-0.25, -0.2) is 0 Å². The summed E-state index contributed by atoms with van der Waals surface area (Å²) < 4.78 is 5.62. The maximum atomic E-state index is 10.3. The fourth-order valence-electron chi connectivity index (χ4n) is 3.91. The van der Waals surface area contributed by atoms with E-state index in [-0.39, 0.29) is 12.1 Å². The first-order chi connectivity index (χ1) is 13.0. The van der Waals surface area contributed by atoms with Crippen molar-refractivity contribution in [1.29, 1.82) is 5.26 Å². The van der Waals surface area contributed by atoms with Crippen molar-refractivity contribution in [3.05, 3.63) is 65.2 Å². The van der Waals surface area contributed by atoms with Crippen molar-refractivity contribution in [3.63, 3.8) is 0 Å². The molecule has 1 aliphatic rings. The number of benzene rings is 2. The number of nitriles is 1. The van der Waals surface area contributed by atoms with Crippen LogP contribution in [0.5, 0.6) is 5.75 Å². The molecule has 0 aromatic heterocycles. The summed E-state index contributed by atoms with van der Waals surface area (Å²) in [5.41, 5.74) is 3.38. The number of aliphatic hydroxyl groups is 1. The molecule has 4 heteroatoms. The van der Waals surface area contributed by atoms with Crippen molar-refractivity contribution in [3.8, 4) is 11.8 Å². The van der Waals surface area contributed by atoms with Crippen molar-refractivity contribution in [2.75, 3.05) is 13.2 Å². The first-order valence-electron chi connectivity index (χ1n) is 9.58. The van der Waals surface area contributed by atoms with Crippen LogP contribution in [0.2, 0.25) is 0 Å². The van der Waals surface area contributed by atoms with Crippen LogP contribution in [0.25, 0.3) is 0 Å². The van der Waals surface area contributed by atoms with E-state index >= 15 is 0 Å². The molecular weight excluding hydrogens is 336 g/mol. The Labute approximate surface area is 161 Å². The second kappa shape index (κ2) is 8.56. The van der Waals surface area contributed by atoms with Gasteiger partial charge in [-0.3, -0.25) is 0 Å². The number of β-amino-alcohol motifs (C(OH)–C–C–N with tert-alkyl or cyclic N) is 1. The van der Waals surface area contributed by atoms with Crippen LogP contribution in [0.1, 0.15) is 37.0 Å². The summed E-state index contributed by atoms with van der Waals surface area (Å²) >= 11 is 0. The molecule has 0 aliphatic heterocycles. The molecule has 0 saturated heterocycles. The third kappa shape index (κ3) is 5.32. The molecule has 4 nitrogen and oxygen atoms in total. The highest BCUT2D eigenvalue weighted by Gasteiger charge is 2.28. The second-order valence-corrected chi connectivity index (χ2v) is 8.08. The third-order valence-electron chi connectivity index (χ3n) is 5.19. The van der Waals surface area contributed by atoms with Crippen molar-refractivity contribution < 1.29 is 9.84 Å². The molecule has 0 saturated carbocycles. The molecule has 0 unspecified atom stereocenters. The van der Waals surface area contributed by atoms with Gasteiger partial charge in [0, 0.05) is 12.1 Å². The number of hydrogen-bond acceptors (Lipinski definition) is 4. The lowest BCUT2D eigenvalue weighted by molar-refractivity contribution is 0.0965. The van der Waals surface area contributed by atoms with Crippen LogP contribution >= 0.6 is 0 Å². The van der Waals surface area contributed by atoms with E-state index in [2.05, 4.69) is 49.5 Å². The number of aliphatic hydroxyl groups excluding tert-OH is 1. The molecule has 0 radical (unpaired) electrons. The summed E-state index contributed by atoms with van der Waals surface area (Å²) in [7, 11) is 0. The molecule has 0 fully saturated rings. The zero-order valence-electron chi connectivity index (χ0n) is 16.1. The quantitative estimate of drug-likeness (QED) is 0.753. The topological polar surface area (TPSA) is 65.3 Å². The minimum Gasteiger partial charge on any atom is -0.489 e. The summed E-state index contributed by atoms with van der Waals surface area (Å²) in [6.45, 7) is 5.00. The number of nitrogens with zero attached hydrogens (tertiary/aromatic N) is 1. The predicted octanol–water partition coefficient (Wildman–Crippen LogP) is 3.47. The summed E-state index contributed by atoms with van der Waals surface area (Å²) in [6.07, 6.45) is 2.71. The summed E-state index contributed by atoms with van der Waals surface area (Å²) in [6, 6.07) is 17.9. The maximum absolute atomic E-state index is 10.3. The van der Waals surface area contributed by atoms with Crippen molar-refractivity contribution in [2.24, 2.45) is 5.92 Å². The van der Waals surface area contributed by atoms with Crippen molar-refractivity contribution >= 4 is 0 Å². The van der Waals surface area contributed by atoms with Crippen LogP contribution in [0.15, 0.2) is 48.5 Å². The average molecular weight is 364 g/mol. The number of fused-ring (bicyclic) bond motifs is 1. The Morgan fingerprint density at radius 2 is 1.78 bits per heavy atom. The molecule has 142 valence electrons. The van der Waals surface area contributed by atoms with E-state index in [1.54, 1.807) is 18.2 Å². The molecule has 27 heavy (non-hydrogen) atoms. The SMILES string of the molecule is CC(C)(CC1Cc2ccccc2C1)NC[C@H](O)COc1ccccc1C#N. The average Bonchev–Trinajstić information content (AvgIpc) is 3.06. The van der Waals surface area contributed by atoms with Gasteiger partial charge in [0.15, 0.2) is 0 Å². The van der Waals surface area contributed by atoms with Gasteiger partial charge in [0.1, 0.15) is 24.5 Å². The van der Waals surface area contributed by atoms with E-state index < -0.39 is 6.10 Å². The highest BCUT2D eigenvalue weighted by molar-refractivity contribution is 5.42. The number of nitrogens with one attached hydrogen (secondary N) is 1. The molecule has 0 amide bonds. The van der Waals surface area contributed by atoms with E-state index in [0.29, 0.717) is 23.8 Å². The third-order valence-corrected chi connectivity index (χ3v) is 5.19. The van der Waals surface area contributed by atoms with E-state index in [0.717, 1.165) is 19.3 Å². The highest BCUT2D eigenvalue weighted by Crippen LogP contribution is 2.31. The highest BCUT2D eigenvalue weighted by atomic mass is 16.5. The lowest BCUT2D eigenvalue weighted by Gasteiger charge is -2.30. The molecule has 0 bridgehead atoms. The molecule has 0 spiro atoms. The number of rotatable bonds is 8. The zero-order valence-corrected chi connectivity index (χ0v) is 16.1. The van der Waals surface area contributed by atoms with Crippen LogP contribution in [0.3, 0.4) is 0 Å². The molecular formula is C23H28N2O2. The van der Waals surface area contributed by atoms with Gasteiger partial charge in [0.25, 0.3) is 0 Å². The number of ether oxygens (including phenoxy) is 1. The normalized spacial score (nSPS) is 15.2. The van der Waals surface area contributed by atoms with Gasteiger partial charge < -0.3 is 15.2 Å². The Kier molecular flexibility index (Phi) is 6.15. The Morgan fingerprint density at radius 1 is 1.15 bits per heavy atom. The van der Waals surface area contributed by atoms with Gasteiger partial charge in [-0.05, 0) is 62.3 Å². The van der Waals surface area contributed by atoms with Crippen molar-refractivity contribution in [2.45, 2.75) is 44.8 Å². The fourth-order valence-corrected chi connectivity index (χ4v) is 3.91. The molecule has 3 rings (SSSR count). The van der Waals surface area contributed by atoms with Crippen LogP contribution < -0.4 is 10.1 Å². The van der Waals surface area contributed by atoms with Crippen molar-refractivity contribution in [1.82, 2.24) is 5.32 Å². The lowest BCUT2D eigenvalue weighted by atomic mass is 9.88. The van der Waals surface area contributed by atoms with Crippen LogP contribution in [-0.4, -0.2) is 29.9 Å². The molecule has 2 aromatic rings. The summed E-state index contributed by atoms with van der Waals surface area (Å²) in [4.78, 5) is 0. The molecule has 1 aliphatic carbocycles. The second-order valence-electron chi connectivity index (χ2n) is 8.08. The molecule has 1 atom stereocenters. The summed E-state index contributed by atoms with van der Waals surface area (Å²) in [5.74, 6) is 1.16. The molecule has 2 N–H and O–H groups in total. The Bertz CT molecular complexity index is 785. The number of para-hydroxylation sites is 1. The minimum absolute atomic E-state index is 0.0573. The first kappa shape index (κ1) is 19.4. The van der Waals surface area contributed by atoms with Gasteiger partial charge in [-0.15, -0.1) is 0 Å². The minimum atomic E-state index is -0.628.